The molecule has 1 aliphatic heterocycles. The number of amides is 4. The molecule has 2 aromatic rings. The van der Waals surface area contributed by atoms with E-state index < -0.39 is 79.7 Å². The third-order valence-electron chi connectivity index (χ3n) is 9.14. The number of likely N-dealkylation sites (tertiary alicyclic amines) is 1. The molecule has 272 valence electrons. The molecule has 1 aromatic carbocycles. The maximum Gasteiger partial charge on any atom is 0.408 e. The molecule has 0 bridgehead atoms. The highest BCUT2D eigenvalue weighted by atomic mass is 32.2. The fourth-order valence-corrected chi connectivity index (χ4v) is 7.94. The van der Waals surface area contributed by atoms with Gasteiger partial charge in [-0.2, -0.15) is 4.31 Å². The summed E-state index contributed by atoms with van der Waals surface area (Å²) >= 11 is 0. The summed E-state index contributed by atoms with van der Waals surface area (Å²) in [5.41, 5.74) is 2.97. The lowest BCUT2D eigenvalue weighted by Crippen LogP contribution is -2.61. The minimum Gasteiger partial charge on any atom is -0.497 e. The summed E-state index contributed by atoms with van der Waals surface area (Å²) < 4.78 is 45.0. The predicted octanol–water partition coefficient (Wildman–Crippen LogP) is 3.28. The summed E-state index contributed by atoms with van der Waals surface area (Å²) in [4.78, 5) is 61.5. The van der Waals surface area contributed by atoms with Crippen molar-refractivity contribution in [1.82, 2.24) is 19.5 Å². The summed E-state index contributed by atoms with van der Waals surface area (Å²) in [7, 11) is -2.91. The van der Waals surface area contributed by atoms with E-state index in [4.69, 9.17) is 19.9 Å². The van der Waals surface area contributed by atoms with Crippen LogP contribution in [0.4, 0.5) is 4.79 Å². The van der Waals surface area contributed by atoms with Crippen molar-refractivity contribution < 1.29 is 41.8 Å². The van der Waals surface area contributed by atoms with Crippen molar-refractivity contribution in [1.29, 1.82) is 0 Å². The quantitative estimate of drug-likeness (QED) is 0.272. The van der Waals surface area contributed by atoms with Gasteiger partial charge in [-0.15, -0.1) is 6.58 Å². The molecule has 2 heterocycles. The van der Waals surface area contributed by atoms with Gasteiger partial charge in [-0.05, 0) is 75.1 Å². The van der Waals surface area contributed by atoms with Crippen molar-refractivity contribution in [2.75, 3.05) is 13.7 Å². The molecule has 0 spiro atoms. The van der Waals surface area contributed by atoms with Crippen LogP contribution in [0.1, 0.15) is 67.2 Å². The number of ether oxygens (including phenoxy) is 3. The molecule has 4 amide bonds. The number of fused-ring (bicyclic) bond motifs is 1. The Morgan fingerprint density at radius 1 is 1.14 bits per heavy atom. The fraction of sp³-hybridized carbons (Fsp3) is 0.571. The van der Waals surface area contributed by atoms with E-state index in [2.05, 4.69) is 16.9 Å². The highest BCUT2D eigenvalue weighted by Crippen LogP contribution is 2.45. The Morgan fingerprint density at radius 3 is 2.38 bits per heavy atom. The van der Waals surface area contributed by atoms with Crippen LogP contribution in [0, 0.1) is 11.3 Å². The van der Waals surface area contributed by atoms with E-state index in [0.29, 0.717) is 11.1 Å². The van der Waals surface area contributed by atoms with Gasteiger partial charge in [-0.1, -0.05) is 26.8 Å². The second-order valence-corrected chi connectivity index (χ2v) is 17.4. The van der Waals surface area contributed by atoms with Crippen LogP contribution < -0.4 is 20.5 Å². The van der Waals surface area contributed by atoms with Crippen LogP contribution in [0.25, 0.3) is 10.8 Å². The summed E-state index contributed by atoms with van der Waals surface area (Å²) in [5, 5.41) is 3.13. The molecule has 1 saturated heterocycles. The number of alkyl carbamates (subject to hydrolysis) is 1. The Balaban J connectivity index is 1.53. The number of benzene rings is 1. The lowest BCUT2D eigenvalue weighted by Gasteiger charge is -2.36. The first kappa shape index (κ1) is 37.0. The molecule has 3 N–H and O–H groups in total. The first-order valence-corrected chi connectivity index (χ1v) is 18.1. The number of imide groups is 1. The van der Waals surface area contributed by atoms with Gasteiger partial charge in [0, 0.05) is 23.9 Å². The van der Waals surface area contributed by atoms with Crippen molar-refractivity contribution in [2.24, 2.45) is 17.1 Å². The smallest absolute Gasteiger partial charge is 0.408 e. The number of nitrogens with two attached hydrogens (primary N) is 1. The number of hydrogen-bond acceptors (Lipinski definition) is 11. The van der Waals surface area contributed by atoms with Gasteiger partial charge in [0.1, 0.15) is 35.1 Å². The number of aromatic nitrogens is 1. The second-order valence-electron chi connectivity index (χ2n) is 15.4. The van der Waals surface area contributed by atoms with Gasteiger partial charge in [0.25, 0.3) is 11.8 Å². The average molecular weight is 714 g/mol. The van der Waals surface area contributed by atoms with Crippen LogP contribution >= 0.6 is 0 Å². The lowest BCUT2D eigenvalue weighted by atomic mass is 9.85. The van der Waals surface area contributed by atoms with Gasteiger partial charge in [0.15, 0.2) is 0 Å². The Kier molecular flexibility index (Phi) is 9.73. The van der Waals surface area contributed by atoms with Crippen molar-refractivity contribution in [2.45, 2.75) is 102 Å². The van der Waals surface area contributed by atoms with E-state index in [1.54, 1.807) is 79.1 Å². The molecule has 2 aliphatic carbocycles. The van der Waals surface area contributed by atoms with E-state index >= 15 is 0 Å². The zero-order valence-corrected chi connectivity index (χ0v) is 30.4. The third-order valence-corrected chi connectivity index (χ3v) is 11.3. The van der Waals surface area contributed by atoms with Crippen LogP contribution in [0.5, 0.6) is 11.6 Å². The van der Waals surface area contributed by atoms with Crippen molar-refractivity contribution in [3.63, 3.8) is 0 Å². The standard InChI is InChI=1S/C35H47N5O9S/c1-9-21-18-35(21,36)31(43)40(50(45,46)24-11-12-24)29(41)26-17-23(48-28-25-13-10-22(47-8)16-20(25)14-15-37-28)19-39(26)30(42)27(33(2,3)4)38-32(44)49-34(5,6)7/h9-10,13-16,21,23-24,26-27H,1,11-12,17-19,36H2,2-8H3,(H,38,44)/t21-,23?,26+,27-,35-/m1/s1. The Bertz CT molecular complexity index is 1810. The highest BCUT2D eigenvalue weighted by molar-refractivity contribution is 7.91. The van der Waals surface area contributed by atoms with Crippen LogP contribution in [-0.4, -0.2) is 94.7 Å². The molecule has 14 nitrogen and oxygen atoms in total. The molecule has 2 saturated carbocycles. The number of methoxy groups -OCH3 is 1. The fourth-order valence-electron chi connectivity index (χ4n) is 6.13. The van der Waals surface area contributed by atoms with Gasteiger partial charge in [0.05, 0.1) is 18.9 Å². The number of sulfonamides is 1. The first-order chi connectivity index (χ1) is 23.2. The Morgan fingerprint density at radius 2 is 1.82 bits per heavy atom. The topological polar surface area (TPSA) is 188 Å². The maximum atomic E-state index is 14.6. The SMILES string of the molecule is C=C[C@@H]1C[C@]1(N)C(=O)N(C(=O)[C@@H]1CC(Oc2nccc3cc(OC)ccc23)CN1C(=O)[C@@H](NC(=O)OC(C)(C)C)C(C)(C)C)S(=O)(=O)C1CC1. The number of carbonyl (C=O) groups excluding carboxylic acids is 4. The van der Waals surface area contributed by atoms with Gasteiger partial charge in [0.2, 0.25) is 21.8 Å². The van der Waals surface area contributed by atoms with E-state index in [1.807, 2.05) is 0 Å². The van der Waals surface area contributed by atoms with Crippen LogP contribution in [0.3, 0.4) is 0 Å². The van der Waals surface area contributed by atoms with E-state index in [9.17, 15) is 27.6 Å². The van der Waals surface area contributed by atoms with E-state index in [1.165, 1.54) is 11.0 Å². The van der Waals surface area contributed by atoms with E-state index in [0.717, 1.165) is 5.39 Å². The zero-order valence-electron chi connectivity index (χ0n) is 29.6. The number of nitrogens with zero attached hydrogens (tertiary/aromatic N) is 3. The highest BCUT2D eigenvalue weighted by Gasteiger charge is 2.62. The monoisotopic (exact) mass is 713 g/mol. The molecule has 0 radical (unpaired) electrons. The summed E-state index contributed by atoms with van der Waals surface area (Å²) in [6, 6.07) is 4.42. The van der Waals surface area contributed by atoms with Crippen molar-refractivity contribution in [3.05, 3.63) is 43.1 Å². The minimum atomic E-state index is -4.46. The van der Waals surface area contributed by atoms with Crippen molar-refractivity contribution in [3.8, 4) is 11.6 Å². The first-order valence-electron chi connectivity index (χ1n) is 16.6. The summed E-state index contributed by atoms with van der Waals surface area (Å²) in [6.07, 6.45) is 1.82. The van der Waals surface area contributed by atoms with Crippen LogP contribution in [-0.2, 0) is 29.1 Å². The molecule has 1 aromatic heterocycles. The van der Waals surface area contributed by atoms with E-state index in [-0.39, 0.29) is 42.4 Å². The van der Waals surface area contributed by atoms with Crippen LogP contribution in [0.15, 0.2) is 43.1 Å². The number of hydrogen-bond donors (Lipinski definition) is 2. The number of rotatable bonds is 10. The van der Waals surface area contributed by atoms with Crippen molar-refractivity contribution >= 4 is 44.6 Å². The zero-order chi connectivity index (χ0) is 37.0. The van der Waals surface area contributed by atoms with Gasteiger partial charge in [-0.3, -0.25) is 14.4 Å². The van der Waals surface area contributed by atoms with Gasteiger partial charge < -0.3 is 30.2 Å². The second kappa shape index (κ2) is 13.1. The third kappa shape index (κ3) is 7.43. The molecular formula is C35H47N5O9S. The Hall–Kier alpha value is -4.24. The molecule has 1 unspecified atom stereocenters. The number of pyridine rings is 1. The molecule has 5 atom stereocenters. The van der Waals surface area contributed by atoms with Gasteiger partial charge >= 0.3 is 6.09 Å². The molecule has 3 fully saturated rings. The number of nitrogens with one attached hydrogen (secondary N) is 1. The number of carbonyl (C=O) groups is 4. The molecule has 3 aliphatic rings. The summed E-state index contributed by atoms with van der Waals surface area (Å²) in [6.45, 7) is 13.7. The lowest BCUT2D eigenvalue weighted by molar-refractivity contribution is -0.148. The Labute approximate surface area is 292 Å². The average Bonchev–Trinajstić information content (AvgIpc) is 3.95. The largest absolute Gasteiger partial charge is 0.497 e. The minimum absolute atomic E-state index is 0.127. The van der Waals surface area contributed by atoms with Gasteiger partial charge in [-0.25, -0.2) is 18.2 Å². The molecular weight excluding hydrogens is 666 g/mol. The maximum absolute atomic E-state index is 14.6. The molecule has 5 rings (SSSR count). The van der Waals surface area contributed by atoms with Crippen LogP contribution in [0.2, 0.25) is 0 Å². The summed E-state index contributed by atoms with van der Waals surface area (Å²) in [5.74, 6) is -2.52. The molecule has 50 heavy (non-hydrogen) atoms. The normalized spacial score (nSPS) is 24.2. The molecule has 15 heteroatoms. The predicted molar refractivity (Wildman–Crippen MR) is 184 cm³/mol.